The van der Waals surface area contributed by atoms with Crippen molar-refractivity contribution in [2.24, 2.45) is 0 Å². The van der Waals surface area contributed by atoms with E-state index in [2.05, 4.69) is 15.1 Å². The molecule has 7 nitrogen and oxygen atoms in total. The predicted octanol–water partition coefficient (Wildman–Crippen LogP) is -0.117. The average Bonchev–Trinajstić information content (AvgIpc) is 2.63. The maximum Gasteiger partial charge on any atom is 0.358 e. The van der Waals surface area contributed by atoms with Crippen LogP contribution in [0.5, 0.6) is 0 Å². The van der Waals surface area contributed by atoms with Crippen molar-refractivity contribution >= 4 is 17.4 Å². The van der Waals surface area contributed by atoms with Crippen LogP contribution in [0.1, 0.15) is 17.4 Å². The van der Waals surface area contributed by atoms with Gasteiger partial charge in [-0.05, 0) is 6.92 Å². The molecule has 0 atom stereocenters. The molecule has 0 fully saturated rings. The number of nitrogens with zero attached hydrogens (tertiary/aromatic N) is 4. The molecule has 0 saturated heterocycles. The molecule has 0 aliphatic rings. The fourth-order valence-corrected chi connectivity index (χ4v) is 1.18. The summed E-state index contributed by atoms with van der Waals surface area (Å²) < 4.78 is 6.14. The Balaban J connectivity index is 2.54. The monoisotopic (exact) mass is 207 g/mol. The second-order valence-electron chi connectivity index (χ2n) is 2.74. The maximum atomic E-state index is 11.4. The highest BCUT2D eigenvalue weighted by Gasteiger charge is 2.15. The lowest BCUT2D eigenvalue weighted by molar-refractivity contribution is 0.0516. The van der Waals surface area contributed by atoms with Crippen LogP contribution in [0.15, 0.2) is 12.5 Å². The molecule has 0 aliphatic heterocycles. The van der Waals surface area contributed by atoms with E-state index in [0.717, 1.165) is 0 Å². The van der Waals surface area contributed by atoms with Crippen LogP contribution >= 0.6 is 0 Å². The van der Waals surface area contributed by atoms with Crippen molar-refractivity contribution in [3.05, 3.63) is 18.2 Å². The van der Waals surface area contributed by atoms with Crippen LogP contribution in [0, 0.1) is 0 Å². The normalized spacial score (nSPS) is 10.5. The Labute approximate surface area is 84.9 Å². The first-order valence-electron chi connectivity index (χ1n) is 4.35. The molecule has 0 unspecified atom stereocenters. The number of nitrogen functional groups attached to an aromatic ring is 1. The number of ether oxygens (including phenoxy) is 1. The molecule has 15 heavy (non-hydrogen) atoms. The number of hydrogen-bond acceptors (Lipinski definition) is 6. The molecule has 0 amide bonds. The lowest BCUT2D eigenvalue weighted by Crippen LogP contribution is -2.10. The lowest BCUT2D eigenvalue weighted by Gasteiger charge is -2.00. The van der Waals surface area contributed by atoms with E-state index in [4.69, 9.17) is 10.5 Å². The van der Waals surface area contributed by atoms with Crippen LogP contribution in [0.25, 0.3) is 5.65 Å². The zero-order chi connectivity index (χ0) is 10.8. The number of anilines is 1. The largest absolute Gasteiger partial charge is 0.461 e. The van der Waals surface area contributed by atoms with Crippen LogP contribution < -0.4 is 5.73 Å². The minimum atomic E-state index is -0.483. The van der Waals surface area contributed by atoms with E-state index in [1.165, 1.54) is 17.0 Å². The van der Waals surface area contributed by atoms with Crippen molar-refractivity contribution in [2.75, 3.05) is 12.3 Å². The Kier molecular flexibility index (Phi) is 2.20. The molecule has 7 heteroatoms. The number of esters is 1. The standard InChI is InChI=1S/C8H9N5O2/c1-2-15-8(14)5-3-10-7-6(9)11-4-12-13(5)7/h3-4H,2H2,1H3,(H2,9,11,12). The average molecular weight is 207 g/mol. The molecule has 2 rings (SSSR count). The molecule has 0 bridgehead atoms. The van der Waals surface area contributed by atoms with Gasteiger partial charge in [0.1, 0.15) is 6.33 Å². The molecule has 2 aromatic rings. The van der Waals surface area contributed by atoms with E-state index < -0.39 is 5.97 Å². The summed E-state index contributed by atoms with van der Waals surface area (Å²) in [6.45, 7) is 2.02. The molecule has 2 N–H and O–H groups in total. The first-order chi connectivity index (χ1) is 7.24. The molecule has 2 heterocycles. The molecular weight excluding hydrogens is 198 g/mol. The molecule has 78 valence electrons. The Morgan fingerprint density at radius 1 is 1.60 bits per heavy atom. The quantitative estimate of drug-likeness (QED) is 0.690. The third kappa shape index (κ3) is 1.47. The van der Waals surface area contributed by atoms with Gasteiger partial charge in [-0.3, -0.25) is 0 Å². The lowest BCUT2D eigenvalue weighted by atomic mass is 10.5. The third-order valence-electron chi connectivity index (χ3n) is 1.82. The van der Waals surface area contributed by atoms with Crippen molar-refractivity contribution in [3.63, 3.8) is 0 Å². The Morgan fingerprint density at radius 2 is 2.40 bits per heavy atom. The van der Waals surface area contributed by atoms with Crippen LogP contribution in [0.4, 0.5) is 5.82 Å². The summed E-state index contributed by atoms with van der Waals surface area (Å²) in [5.74, 6) is -0.261. The first-order valence-corrected chi connectivity index (χ1v) is 4.35. The molecule has 0 aromatic carbocycles. The van der Waals surface area contributed by atoms with E-state index in [1.807, 2.05) is 0 Å². The third-order valence-corrected chi connectivity index (χ3v) is 1.82. The fraction of sp³-hybridized carbons (Fsp3) is 0.250. The van der Waals surface area contributed by atoms with Gasteiger partial charge in [0.15, 0.2) is 17.2 Å². The van der Waals surface area contributed by atoms with Gasteiger partial charge in [0.2, 0.25) is 0 Å². The highest BCUT2D eigenvalue weighted by molar-refractivity contribution is 5.88. The Bertz CT molecular complexity index is 507. The van der Waals surface area contributed by atoms with Crippen LogP contribution in [-0.4, -0.2) is 32.2 Å². The van der Waals surface area contributed by atoms with E-state index in [9.17, 15) is 4.79 Å². The van der Waals surface area contributed by atoms with Crippen molar-refractivity contribution < 1.29 is 9.53 Å². The number of imidazole rings is 1. The molecule has 0 saturated carbocycles. The van der Waals surface area contributed by atoms with Gasteiger partial charge in [-0.15, -0.1) is 0 Å². The molecule has 2 aromatic heterocycles. The molecular formula is C8H9N5O2. The SMILES string of the molecule is CCOC(=O)c1cnc2c(N)ncnn12. The number of carbonyl (C=O) groups excluding carboxylic acids is 1. The van der Waals surface area contributed by atoms with Crippen molar-refractivity contribution in [2.45, 2.75) is 6.92 Å². The van der Waals surface area contributed by atoms with E-state index >= 15 is 0 Å². The van der Waals surface area contributed by atoms with E-state index in [0.29, 0.717) is 12.3 Å². The summed E-state index contributed by atoms with van der Waals surface area (Å²) in [6.07, 6.45) is 2.62. The van der Waals surface area contributed by atoms with Gasteiger partial charge in [-0.1, -0.05) is 0 Å². The first kappa shape index (κ1) is 9.38. The van der Waals surface area contributed by atoms with Crippen LogP contribution in [0.2, 0.25) is 0 Å². The van der Waals surface area contributed by atoms with Crippen molar-refractivity contribution in [1.29, 1.82) is 0 Å². The second kappa shape index (κ2) is 3.52. The van der Waals surface area contributed by atoms with Crippen molar-refractivity contribution in [3.8, 4) is 0 Å². The number of nitrogens with two attached hydrogens (primary N) is 1. The fourth-order valence-electron chi connectivity index (χ4n) is 1.18. The molecule has 0 spiro atoms. The summed E-state index contributed by atoms with van der Waals surface area (Å²) in [5.41, 5.74) is 6.14. The minimum Gasteiger partial charge on any atom is -0.461 e. The van der Waals surface area contributed by atoms with Gasteiger partial charge < -0.3 is 10.5 Å². The minimum absolute atomic E-state index is 0.223. The van der Waals surface area contributed by atoms with E-state index in [1.54, 1.807) is 6.92 Å². The number of hydrogen-bond donors (Lipinski definition) is 1. The molecule has 0 aliphatic carbocycles. The van der Waals surface area contributed by atoms with Crippen molar-refractivity contribution in [1.82, 2.24) is 19.6 Å². The predicted molar refractivity (Wildman–Crippen MR) is 51.2 cm³/mol. The number of carbonyl (C=O) groups is 1. The summed E-state index contributed by atoms with van der Waals surface area (Å²) in [4.78, 5) is 19.1. The van der Waals surface area contributed by atoms with Gasteiger partial charge >= 0.3 is 5.97 Å². The summed E-state index contributed by atoms with van der Waals surface area (Å²) in [5, 5.41) is 3.87. The topological polar surface area (TPSA) is 95.4 Å². The zero-order valence-electron chi connectivity index (χ0n) is 8.04. The second-order valence-corrected chi connectivity index (χ2v) is 2.74. The van der Waals surface area contributed by atoms with Crippen LogP contribution in [0.3, 0.4) is 0 Å². The Hall–Kier alpha value is -2.18. The van der Waals surface area contributed by atoms with Gasteiger partial charge in [-0.25, -0.2) is 19.3 Å². The highest BCUT2D eigenvalue weighted by Crippen LogP contribution is 2.09. The Morgan fingerprint density at radius 3 is 3.13 bits per heavy atom. The number of fused-ring (bicyclic) bond motifs is 1. The maximum absolute atomic E-state index is 11.4. The van der Waals surface area contributed by atoms with Gasteiger partial charge in [-0.2, -0.15) is 5.10 Å². The molecule has 0 radical (unpaired) electrons. The van der Waals surface area contributed by atoms with Gasteiger partial charge in [0.05, 0.1) is 12.8 Å². The summed E-state index contributed by atoms with van der Waals surface area (Å²) >= 11 is 0. The smallest absolute Gasteiger partial charge is 0.358 e. The van der Waals surface area contributed by atoms with Gasteiger partial charge in [0.25, 0.3) is 0 Å². The zero-order valence-corrected chi connectivity index (χ0v) is 8.04. The van der Waals surface area contributed by atoms with E-state index in [-0.39, 0.29) is 11.5 Å². The summed E-state index contributed by atoms with van der Waals surface area (Å²) in [6, 6.07) is 0. The number of aromatic nitrogens is 4. The summed E-state index contributed by atoms with van der Waals surface area (Å²) in [7, 11) is 0. The highest BCUT2D eigenvalue weighted by atomic mass is 16.5. The van der Waals surface area contributed by atoms with Gasteiger partial charge in [0, 0.05) is 0 Å². The number of rotatable bonds is 2. The van der Waals surface area contributed by atoms with Crippen LogP contribution in [-0.2, 0) is 4.74 Å².